The molecule has 6 nitrogen and oxygen atoms in total. The van der Waals surface area contributed by atoms with Crippen molar-refractivity contribution in [2.75, 3.05) is 34.0 Å². The number of nitrogens with one attached hydrogen (secondary N) is 1. The number of hydrogen-bond acceptors (Lipinski definition) is 5. The topological polar surface area (TPSA) is 73.9 Å². The van der Waals surface area contributed by atoms with E-state index < -0.39 is 10.0 Å². The van der Waals surface area contributed by atoms with E-state index >= 15 is 0 Å². The Morgan fingerprint density at radius 2 is 1.71 bits per heavy atom. The standard InChI is InChI=1S/C21H27NO5S/c1-16-14-19(8-9-20(16)26-3)28(23,24)22-15-21(10-12-27-13-11-21)17-4-6-18(25-2)7-5-17/h4-9,14,22H,10-13,15H2,1-3H3. The van der Waals surface area contributed by atoms with Crippen LogP contribution in [0.5, 0.6) is 11.5 Å². The smallest absolute Gasteiger partial charge is 0.240 e. The van der Waals surface area contributed by atoms with E-state index in [0.717, 1.165) is 29.7 Å². The van der Waals surface area contributed by atoms with Gasteiger partial charge in [-0.05, 0) is 61.2 Å². The third-order valence-corrected chi connectivity index (χ3v) is 6.83. The van der Waals surface area contributed by atoms with Gasteiger partial charge in [-0.25, -0.2) is 13.1 Å². The minimum absolute atomic E-state index is 0.239. The lowest BCUT2D eigenvalue weighted by Gasteiger charge is -2.38. The average Bonchev–Trinajstić information content (AvgIpc) is 2.73. The lowest BCUT2D eigenvalue weighted by Crippen LogP contribution is -2.44. The Morgan fingerprint density at radius 1 is 1.04 bits per heavy atom. The number of methoxy groups -OCH3 is 2. The molecule has 0 radical (unpaired) electrons. The molecule has 0 saturated carbocycles. The molecule has 1 aliphatic heterocycles. The molecule has 1 N–H and O–H groups in total. The van der Waals surface area contributed by atoms with E-state index in [1.165, 1.54) is 0 Å². The fraction of sp³-hybridized carbons (Fsp3) is 0.429. The SMILES string of the molecule is COc1ccc(C2(CNS(=O)(=O)c3ccc(OC)c(C)c3)CCOCC2)cc1. The van der Waals surface area contributed by atoms with Crippen molar-refractivity contribution in [2.45, 2.75) is 30.1 Å². The van der Waals surface area contributed by atoms with Crippen LogP contribution in [-0.2, 0) is 20.2 Å². The van der Waals surface area contributed by atoms with Crippen molar-refractivity contribution in [1.29, 1.82) is 0 Å². The summed E-state index contributed by atoms with van der Waals surface area (Å²) in [6.45, 7) is 3.36. The normalized spacial score (nSPS) is 16.5. The van der Waals surface area contributed by atoms with E-state index in [2.05, 4.69) is 4.72 Å². The second-order valence-electron chi connectivity index (χ2n) is 7.08. The summed E-state index contributed by atoms with van der Waals surface area (Å²) in [5.41, 5.74) is 1.56. The molecular formula is C21H27NO5S. The Labute approximate surface area is 166 Å². The van der Waals surface area contributed by atoms with Crippen LogP contribution in [0.25, 0.3) is 0 Å². The zero-order valence-electron chi connectivity index (χ0n) is 16.5. The lowest BCUT2D eigenvalue weighted by molar-refractivity contribution is 0.0517. The van der Waals surface area contributed by atoms with Crippen LogP contribution in [0.3, 0.4) is 0 Å². The van der Waals surface area contributed by atoms with Crippen LogP contribution in [0.2, 0.25) is 0 Å². The molecule has 2 aromatic carbocycles. The third-order valence-electron chi connectivity index (χ3n) is 5.43. The summed E-state index contributed by atoms with van der Waals surface area (Å²) >= 11 is 0. The minimum Gasteiger partial charge on any atom is -0.497 e. The van der Waals surface area contributed by atoms with Gasteiger partial charge in [-0.15, -0.1) is 0 Å². The Kier molecular flexibility index (Phi) is 6.27. The maximum Gasteiger partial charge on any atom is 0.240 e. The van der Waals surface area contributed by atoms with Crippen molar-refractivity contribution < 1.29 is 22.6 Å². The summed E-state index contributed by atoms with van der Waals surface area (Å²) in [5, 5.41) is 0. The van der Waals surface area contributed by atoms with E-state index in [-0.39, 0.29) is 10.3 Å². The zero-order valence-corrected chi connectivity index (χ0v) is 17.3. The molecule has 7 heteroatoms. The van der Waals surface area contributed by atoms with Crippen molar-refractivity contribution in [2.24, 2.45) is 0 Å². The molecule has 0 amide bonds. The fourth-order valence-corrected chi connectivity index (χ4v) is 4.82. The second kappa shape index (κ2) is 8.51. The predicted octanol–water partition coefficient (Wildman–Crippen LogP) is 3.04. The molecule has 1 fully saturated rings. The van der Waals surface area contributed by atoms with Crippen LogP contribution in [0.1, 0.15) is 24.0 Å². The molecule has 0 atom stereocenters. The van der Waals surface area contributed by atoms with Crippen molar-refractivity contribution in [3.05, 3.63) is 53.6 Å². The number of sulfonamides is 1. The first kappa shape index (κ1) is 20.6. The van der Waals surface area contributed by atoms with E-state index in [1.54, 1.807) is 32.4 Å². The Balaban J connectivity index is 1.84. The lowest BCUT2D eigenvalue weighted by atomic mass is 9.74. The largest absolute Gasteiger partial charge is 0.497 e. The molecule has 3 rings (SSSR count). The van der Waals surface area contributed by atoms with E-state index in [9.17, 15) is 8.42 Å². The van der Waals surface area contributed by atoms with Crippen LogP contribution in [0, 0.1) is 6.92 Å². The Bertz CT molecular complexity index is 903. The van der Waals surface area contributed by atoms with Crippen LogP contribution in [-0.4, -0.2) is 42.4 Å². The van der Waals surface area contributed by atoms with Crippen molar-refractivity contribution in [3.63, 3.8) is 0 Å². The maximum absolute atomic E-state index is 12.9. The molecule has 1 heterocycles. The van der Waals surface area contributed by atoms with Crippen molar-refractivity contribution in [1.82, 2.24) is 4.72 Å². The minimum atomic E-state index is -3.64. The molecule has 152 valence electrons. The van der Waals surface area contributed by atoms with Gasteiger partial charge in [0, 0.05) is 25.2 Å². The first-order valence-electron chi connectivity index (χ1n) is 9.27. The molecule has 1 aliphatic rings. The zero-order chi connectivity index (χ0) is 20.2. The average molecular weight is 406 g/mol. The fourth-order valence-electron chi connectivity index (χ4n) is 3.61. The molecule has 0 aliphatic carbocycles. The summed E-state index contributed by atoms with van der Waals surface area (Å²) in [5.74, 6) is 1.44. The summed E-state index contributed by atoms with van der Waals surface area (Å²) in [7, 11) is -0.440. The highest BCUT2D eigenvalue weighted by Gasteiger charge is 2.36. The van der Waals surface area contributed by atoms with Gasteiger partial charge in [-0.2, -0.15) is 0 Å². The van der Waals surface area contributed by atoms with Crippen molar-refractivity contribution in [3.8, 4) is 11.5 Å². The highest BCUT2D eigenvalue weighted by Crippen LogP contribution is 2.35. The highest BCUT2D eigenvalue weighted by atomic mass is 32.2. The molecule has 1 saturated heterocycles. The van der Waals surface area contributed by atoms with E-state index in [4.69, 9.17) is 14.2 Å². The van der Waals surface area contributed by atoms with Gasteiger partial charge in [0.1, 0.15) is 11.5 Å². The Hall–Kier alpha value is -2.09. The van der Waals surface area contributed by atoms with Gasteiger partial charge in [-0.3, -0.25) is 0 Å². The molecule has 2 aromatic rings. The van der Waals surface area contributed by atoms with Crippen LogP contribution >= 0.6 is 0 Å². The quantitative estimate of drug-likeness (QED) is 0.766. The first-order chi connectivity index (χ1) is 13.4. The van der Waals surface area contributed by atoms with E-state index in [0.29, 0.717) is 25.5 Å². The summed E-state index contributed by atoms with van der Waals surface area (Å²) in [4.78, 5) is 0.239. The molecule has 0 aromatic heterocycles. The van der Waals surface area contributed by atoms with Gasteiger partial charge in [0.05, 0.1) is 19.1 Å². The van der Waals surface area contributed by atoms with Crippen LogP contribution in [0.15, 0.2) is 47.4 Å². The maximum atomic E-state index is 12.9. The molecule has 0 unspecified atom stereocenters. The highest BCUT2D eigenvalue weighted by molar-refractivity contribution is 7.89. The van der Waals surface area contributed by atoms with Gasteiger partial charge in [0.2, 0.25) is 10.0 Å². The van der Waals surface area contributed by atoms with E-state index in [1.807, 2.05) is 31.2 Å². The van der Waals surface area contributed by atoms with Gasteiger partial charge in [0.15, 0.2) is 0 Å². The molecular weight excluding hydrogens is 378 g/mol. The molecule has 0 spiro atoms. The number of hydrogen-bond donors (Lipinski definition) is 1. The van der Waals surface area contributed by atoms with Gasteiger partial charge >= 0.3 is 0 Å². The monoisotopic (exact) mass is 405 g/mol. The third kappa shape index (κ3) is 4.32. The van der Waals surface area contributed by atoms with Gasteiger partial charge < -0.3 is 14.2 Å². The number of benzene rings is 2. The molecule has 28 heavy (non-hydrogen) atoms. The summed E-state index contributed by atoms with van der Waals surface area (Å²) < 4.78 is 44.6. The first-order valence-corrected chi connectivity index (χ1v) is 10.8. The van der Waals surface area contributed by atoms with Gasteiger partial charge in [0.25, 0.3) is 0 Å². The number of rotatable bonds is 7. The van der Waals surface area contributed by atoms with Crippen LogP contribution < -0.4 is 14.2 Å². The summed E-state index contributed by atoms with van der Waals surface area (Å²) in [6, 6.07) is 12.7. The Morgan fingerprint density at radius 3 is 2.29 bits per heavy atom. The molecule has 0 bridgehead atoms. The van der Waals surface area contributed by atoms with Crippen LogP contribution in [0.4, 0.5) is 0 Å². The van der Waals surface area contributed by atoms with Gasteiger partial charge in [-0.1, -0.05) is 12.1 Å². The second-order valence-corrected chi connectivity index (χ2v) is 8.84. The number of aryl methyl sites for hydroxylation is 1. The number of ether oxygens (including phenoxy) is 3. The van der Waals surface area contributed by atoms with Crippen molar-refractivity contribution >= 4 is 10.0 Å². The summed E-state index contributed by atoms with van der Waals surface area (Å²) in [6.07, 6.45) is 1.51. The predicted molar refractivity (Wildman–Crippen MR) is 108 cm³/mol.